The standard InChI is InChI=1S/C22H27N2O.HI/c1-15(2)24-18-10-8-7-9-17(18)21(4,5)22(24)14-13-19-20(25-22)12-11-16(3)23(19)6;/h7-15H,1-6H3;1H/q+1;/p-1/t22-;/m1./s1. The van der Waals surface area contributed by atoms with Gasteiger partial charge in [0, 0.05) is 30.8 Å². The van der Waals surface area contributed by atoms with Gasteiger partial charge in [0.25, 0.3) is 0 Å². The van der Waals surface area contributed by atoms with E-state index >= 15 is 0 Å². The summed E-state index contributed by atoms with van der Waals surface area (Å²) in [6, 6.07) is 13.3. The quantitative estimate of drug-likeness (QED) is 0.467. The zero-order valence-electron chi connectivity index (χ0n) is 16.4. The van der Waals surface area contributed by atoms with Crippen LogP contribution in [0.4, 0.5) is 5.69 Å². The van der Waals surface area contributed by atoms with Gasteiger partial charge in [-0.15, -0.1) is 0 Å². The SMILES string of the molecule is Cc1ccc2c([n+]1C)C=C[C@]1(O2)N(C(C)C)c2ccccc2C1(C)C.[I-]. The molecule has 1 aromatic carbocycles. The molecule has 0 N–H and O–H groups in total. The van der Waals surface area contributed by atoms with Gasteiger partial charge < -0.3 is 33.6 Å². The molecule has 0 radical (unpaired) electrons. The van der Waals surface area contributed by atoms with E-state index in [2.05, 4.69) is 99.7 Å². The second-order valence-corrected chi connectivity index (χ2v) is 8.02. The smallest absolute Gasteiger partial charge is 0.247 e. The van der Waals surface area contributed by atoms with Gasteiger partial charge in [-0.25, -0.2) is 0 Å². The maximum atomic E-state index is 6.81. The van der Waals surface area contributed by atoms with Crippen molar-refractivity contribution in [2.45, 2.75) is 51.8 Å². The lowest BCUT2D eigenvalue weighted by molar-refractivity contribution is -0.680. The molecule has 3 nitrogen and oxygen atoms in total. The normalized spacial score (nSPS) is 22.0. The first-order chi connectivity index (χ1) is 11.8. The Bertz CT molecular complexity index is 888. The van der Waals surface area contributed by atoms with E-state index in [0.29, 0.717) is 6.04 Å². The number of para-hydroxylation sites is 1. The molecule has 1 aromatic heterocycles. The summed E-state index contributed by atoms with van der Waals surface area (Å²) in [6.45, 7) is 11.2. The van der Waals surface area contributed by atoms with Crippen LogP contribution in [0.3, 0.4) is 0 Å². The zero-order chi connectivity index (χ0) is 18.0. The summed E-state index contributed by atoms with van der Waals surface area (Å²) in [5, 5.41) is 0. The largest absolute Gasteiger partial charge is 1.00 e. The van der Waals surface area contributed by atoms with Gasteiger partial charge in [0.1, 0.15) is 7.05 Å². The van der Waals surface area contributed by atoms with E-state index in [1.807, 2.05) is 0 Å². The fourth-order valence-corrected chi connectivity index (χ4v) is 4.43. The number of benzene rings is 1. The van der Waals surface area contributed by atoms with Crippen molar-refractivity contribution in [3.05, 3.63) is 59.4 Å². The fraction of sp³-hybridized carbons (Fsp3) is 0.409. The van der Waals surface area contributed by atoms with E-state index in [9.17, 15) is 0 Å². The molecule has 1 spiro atoms. The molecular formula is C22H27IN2O. The second-order valence-electron chi connectivity index (χ2n) is 8.02. The van der Waals surface area contributed by atoms with Crippen molar-refractivity contribution >= 4 is 11.8 Å². The minimum Gasteiger partial charge on any atom is -1.00 e. The summed E-state index contributed by atoms with van der Waals surface area (Å²) < 4.78 is 8.99. The van der Waals surface area contributed by atoms with Gasteiger partial charge >= 0.3 is 0 Å². The van der Waals surface area contributed by atoms with E-state index in [4.69, 9.17) is 4.74 Å². The summed E-state index contributed by atoms with van der Waals surface area (Å²) in [5.74, 6) is 0.946. The van der Waals surface area contributed by atoms with Crippen molar-refractivity contribution in [3.8, 4) is 5.75 Å². The minimum absolute atomic E-state index is 0. The monoisotopic (exact) mass is 462 g/mol. The molecule has 4 heteroatoms. The molecule has 2 aliphatic heterocycles. The molecule has 0 fully saturated rings. The predicted octanol–water partition coefficient (Wildman–Crippen LogP) is 1.13. The van der Waals surface area contributed by atoms with E-state index in [0.717, 1.165) is 11.4 Å². The number of pyridine rings is 1. The summed E-state index contributed by atoms with van der Waals surface area (Å²) in [4.78, 5) is 2.43. The first-order valence-electron chi connectivity index (χ1n) is 9.06. The number of halogens is 1. The summed E-state index contributed by atoms with van der Waals surface area (Å²) in [6.07, 6.45) is 4.49. The first-order valence-corrected chi connectivity index (χ1v) is 9.06. The van der Waals surface area contributed by atoms with Crippen LogP contribution in [0.2, 0.25) is 0 Å². The fourth-order valence-electron chi connectivity index (χ4n) is 4.43. The van der Waals surface area contributed by atoms with Crippen LogP contribution in [-0.4, -0.2) is 11.8 Å². The molecule has 0 bridgehead atoms. The van der Waals surface area contributed by atoms with Crippen LogP contribution in [0, 0.1) is 6.92 Å². The molecule has 0 aliphatic carbocycles. The van der Waals surface area contributed by atoms with Gasteiger partial charge in [-0.3, -0.25) is 0 Å². The molecule has 4 rings (SSSR count). The third kappa shape index (κ3) is 2.34. The van der Waals surface area contributed by atoms with Crippen LogP contribution in [0.5, 0.6) is 5.75 Å². The molecule has 1 atom stereocenters. The number of ether oxygens (including phenoxy) is 1. The van der Waals surface area contributed by atoms with Crippen LogP contribution in [0.15, 0.2) is 42.5 Å². The van der Waals surface area contributed by atoms with E-state index in [1.54, 1.807) is 0 Å². The molecular weight excluding hydrogens is 435 g/mol. The van der Waals surface area contributed by atoms with Crippen molar-refractivity contribution < 1.29 is 33.3 Å². The Kier molecular flexibility index (Phi) is 4.62. The average Bonchev–Trinajstić information content (AvgIpc) is 2.76. The van der Waals surface area contributed by atoms with Gasteiger partial charge in [0.2, 0.25) is 11.4 Å². The van der Waals surface area contributed by atoms with Crippen LogP contribution >= 0.6 is 0 Å². The highest BCUT2D eigenvalue weighted by molar-refractivity contribution is 5.71. The number of fused-ring (bicyclic) bond motifs is 2. The van der Waals surface area contributed by atoms with Crippen molar-refractivity contribution in [2.75, 3.05) is 4.90 Å². The summed E-state index contributed by atoms with van der Waals surface area (Å²) in [7, 11) is 2.09. The van der Waals surface area contributed by atoms with Crippen LogP contribution in [0.25, 0.3) is 6.08 Å². The number of hydrogen-bond acceptors (Lipinski definition) is 2. The average molecular weight is 462 g/mol. The maximum Gasteiger partial charge on any atom is 0.247 e. The minimum atomic E-state index is -0.514. The lowest BCUT2D eigenvalue weighted by Crippen LogP contribution is -3.00. The molecule has 138 valence electrons. The number of aromatic nitrogens is 1. The van der Waals surface area contributed by atoms with E-state index in [1.165, 1.54) is 16.9 Å². The molecule has 3 heterocycles. The molecule has 0 amide bonds. The van der Waals surface area contributed by atoms with Gasteiger partial charge in [-0.05, 0) is 51.5 Å². The summed E-state index contributed by atoms with van der Waals surface area (Å²) >= 11 is 0. The number of rotatable bonds is 1. The molecule has 0 saturated heterocycles. The Morgan fingerprint density at radius 3 is 2.46 bits per heavy atom. The van der Waals surface area contributed by atoms with Gasteiger partial charge in [0.05, 0.1) is 5.41 Å². The Balaban J connectivity index is 0.00000196. The first kappa shape index (κ1) is 19.2. The molecule has 2 aliphatic rings. The van der Waals surface area contributed by atoms with Gasteiger partial charge in [-0.2, -0.15) is 4.57 Å². The second kappa shape index (κ2) is 6.25. The van der Waals surface area contributed by atoms with Crippen LogP contribution in [-0.2, 0) is 12.5 Å². The highest BCUT2D eigenvalue weighted by Gasteiger charge is 2.60. The number of aryl methyl sites for hydroxylation is 1. The lowest BCUT2D eigenvalue weighted by Gasteiger charge is -2.48. The van der Waals surface area contributed by atoms with E-state index < -0.39 is 5.72 Å². The summed E-state index contributed by atoms with van der Waals surface area (Å²) in [5.41, 5.74) is 4.28. The van der Waals surface area contributed by atoms with Gasteiger partial charge in [0.15, 0.2) is 11.4 Å². The number of anilines is 1. The van der Waals surface area contributed by atoms with Crippen molar-refractivity contribution in [2.24, 2.45) is 7.05 Å². The van der Waals surface area contributed by atoms with Crippen molar-refractivity contribution in [1.29, 1.82) is 0 Å². The number of hydrogen-bond donors (Lipinski definition) is 0. The van der Waals surface area contributed by atoms with E-state index in [-0.39, 0.29) is 29.4 Å². The molecule has 0 saturated carbocycles. The Morgan fingerprint density at radius 1 is 1.08 bits per heavy atom. The Labute approximate surface area is 173 Å². The maximum absolute atomic E-state index is 6.81. The molecule has 2 aromatic rings. The van der Waals surface area contributed by atoms with Crippen LogP contribution < -0.4 is 38.2 Å². The third-order valence-electron chi connectivity index (χ3n) is 5.96. The predicted molar refractivity (Wildman–Crippen MR) is 102 cm³/mol. The Morgan fingerprint density at radius 2 is 1.77 bits per heavy atom. The van der Waals surface area contributed by atoms with Crippen molar-refractivity contribution in [3.63, 3.8) is 0 Å². The molecule has 26 heavy (non-hydrogen) atoms. The van der Waals surface area contributed by atoms with Crippen LogP contribution in [0.1, 0.15) is 44.6 Å². The molecule has 0 unspecified atom stereocenters. The number of nitrogens with zero attached hydrogens (tertiary/aromatic N) is 2. The lowest BCUT2D eigenvalue weighted by atomic mass is 9.76. The third-order valence-corrected chi connectivity index (χ3v) is 5.96. The highest BCUT2D eigenvalue weighted by Crippen LogP contribution is 2.55. The topological polar surface area (TPSA) is 16.4 Å². The van der Waals surface area contributed by atoms with Crippen molar-refractivity contribution in [1.82, 2.24) is 0 Å². The highest BCUT2D eigenvalue weighted by atomic mass is 127. The Hall–Kier alpha value is -1.56. The zero-order valence-corrected chi connectivity index (χ0v) is 18.5. The van der Waals surface area contributed by atoms with Gasteiger partial charge in [-0.1, -0.05) is 18.2 Å².